The van der Waals surface area contributed by atoms with Gasteiger partial charge in [0.15, 0.2) is 5.82 Å². The minimum atomic E-state index is -0.656. The van der Waals surface area contributed by atoms with Gasteiger partial charge in [-0.05, 0) is 24.9 Å². The predicted octanol–water partition coefficient (Wildman–Crippen LogP) is 3.72. The quantitative estimate of drug-likeness (QED) is 0.750. The van der Waals surface area contributed by atoms with Crippen LogP contribution in [0.1, 0.15) is 54.1 Å². The van der Waals surface area contributed by atoms with Crippen molar-refractivity contribution in [3.8, 4) is 0 Å². The molecule has 2 aliphatic heterocycles. The highest BCUT2D eigenvalue weighted by Gasteiger charge is 2.35. The number of hydrogen-bond acceptors (Lipinski definition) is 4. The molecule has 0 bridgehead atoms. The van der Waals surface area contributed by atoms with Crippen LogP contribution >= 0.6 is 0 Å². The molecule has 2 aromatic heterocycles. The number of rotatable bonds is 4. The zero-order valence-electron chi connectivity index (χ0n) is 15.9. The van der Waals surface area contributed by atoms with E-state index in [2.05, 4.69) is 19.4 Å². The summed E-state index contributed by atoms with van der Waals surface area (Å²) in [5.41, 5.74) is 5.14. The van der Waals surface area contributed by atoms with E-state index in [9.17, 15) is 9.50 Å². The van der Waals surface area contributed by atoms with Gasteiger partial charge in [0.2, 0.25) is 0 Å². The molecule has 0 aliphatic carbocycles. The summed E-state index contributed by atoms with van der Waals surface area (Å²) in [7, 11) is 0. The van der Waals surface area contributed by atoms with Crippen molar-refractivity contribution in [3.05, 3.63) is 59.2 Å². The number of piperidine rings is 1. The molecule has 0 amide bonds. The molecule has 5 rings (SSSR count). The average molecular weight is 380 g/mol. The monoisotopic (exact) mass is 380 g/mol. The standard InChI is InChI=1S/C22H25FN4O/c23-12-20-24-13-18-22(25-20)21-16-8-4-5-10-26(16)11-9-17(21)27(18)14-19(28)15-6-2-1-3-7-15/h1-3,6-7,13,16,19,28H,4-5,8-12,14H2. The van der Waals surface area contributed by atoms with Gasteiger partial charge in [-0.25, -0.2) is 14.4 Å². The second-order valence-electron chi connectivity index (χ2n) is 7.85. The van der Waals surface area contributed by atoms with Crippen molar-refractivity contribution in [2.45, 2.75) is 51.0 Å². The Balaban J connectivity index is 1.63. The van der Waals surface area contributed by atoms with E-state index in [0.717, 1.165) is 42.5 Å². The Labute approximate surface area is 163 Å². The van der Waals surface area contributed by atoms with Crippen molar-refractivity contribution in [3.63, 3.8) is 0 Å². The molecule has 6 heteroatoms. The molecule has 0 radical (unpaired) electrons. The Kier molecular flexibility index (Phi) is 4.61. The first kappa shape index (κ1) is 17.8. The van der Waals surface area contributed by atoms with E-state index in [1.54, 1.807) is 6.20 Å². The minimum Gasteiger partial charge on any atom is -0.387 e. The summed E-state index contributed by atoms with van der Waals surface area (Å²) in [6, 6.07) is 10.1. The highest BCUT2D eigenvalue weighted by atomic mass is 19.1. The van der Waals surface area contributed by atoms with Crippen molar-refractivity contribution in [1.82, 2.24) is 19.4 Å². The fraction of sp³-hybridized carbons (Fsp3) is 0.455. The number of alkyl halides is 1. The zero-order valence-corrected chi connectivity index (χ0v) is 15.9. The minimum absolute atomic E-state index is 0.240. The van der Waals surface area contributed by atoms with Crippen LogP contribution in [0.2, 0.25) is 0 Å². The van der Waals surface area contributed by atoms with Gasteiger partial charge in [-0.15, -0.1) is 0 Å². The fourth-order valence-corrected chi connectivity index (χ4v) is 4.92. The predicted molar refractivity (Wildman–Crippen MR) is 106 cm³/mol. The third-order valence-corrected chi connectivity index (χ3v) is 6.24. The SMILES string of the molecule is OC(Cn1c2c(c3nc(CF)ncc31)C1CCCCN1CC2)c1ccccc1. The Bertz CT molecular complexity index is 987. The van der Waals surface area contributed by atoms with Crippen LogP contribution in [0.15, 0.2) is 36.5 Å². The number of halogens is 1. The number of hydrogen-bond donors (Lipinski definition) is 1. The molecule has 28 heavy (non-hydrogen) atoms. The Hall–Kier alpha value is -2.31. The molecule has 1 aromatic carbocycles. The Morgan fingerprint density at radius 1 is 1.18 bits per heavy atom. The number of nitrogens with zero attached hydrogens (tertiary/aromatic N) is 4. The molecular weight excluding hydrogens is 355 g/mol. The summed E-state index contributed by atoms with van der Waals surface area (Å²) in [5.74, 6) is 0.240. The van der Waals surface area contributed by atoms with Crippen LogP contribution in [0.25, 0.3) is 11.0 Å². The van der Waals surface area contributed by atoms with Crippen LogP contribution < -0.4 is 0 Å². The number of aliphatic hydroxyl groups is 1. The molecule has 2 unspecified atom stereocenters. The lowest BCUT2D eigenvalue weighted by atomic mass is 9.90. The molecular formula is C22H25FN4O. The smallest absolute Gasteiger partial charge is 0.160 e. The lowest BCUT2D eigenvalue weighted by Gasteiger charge is -2.39. The number of fused-ring (bicyclic) bond motifs is 5. The van der Waals surface area contributed by atoms with Crippen LogP contribution in [0.3, 0.4) is 0 Å². The molecule has 2 aliphatic rings. The van der Waals surface area contributed by atoms with Gasteiger partial charge in [-0.1, -0.05) is 36.8 Å². The van der Waals surface area contributed by atoms with Crippen molar-refractivity contribution in [1.29, 1.82) is 0 Å². The van der Waals surface area contributed by atoms with Crippen LogP contribution in [0.4, 0.5) is 4.39 Å². The molecule has 4 heterocycles. The molecule has 3 aromatic rings. The topological polar surface area (TPSA) is 54.2 Å². The van der Waals surface area contributed by atoms with Gasteiger partial charge < -0.3 is 9.67 Å². The second-order valence-corrected chi connectivity index (χ2v) is 7.85. The van der Waals surface area contributed by atoms with E-state index < -0.39 is 12.8 Å². The first-order chi connectivity index (χ1) is 13.8. The third-order valence-electron chi connectivity index (χ3n) is 6.24. The normalized spacial score (nSPS) is 20.7. The van der Waals surface area contributed by atoms with E-state index in [1.165, 1.54) is 24.1 Å². The first-order valence-electron chi connectivity index (χ1n) is 10.2. The van der Waals surface area contributed by atoms with Crippen LogP contribution in [-0.4, -0.2) is 37.6 Å². The summed E-state index contributed by atoms with van der Waals surface area (Å²) in [6.45, 7) is 1.95. The Morgan fingerprint density at radius 3 is 2.86 bits per heavy atom. The largest absolute Gasteiger partial charge is 0.387 e. The maximum Gasteiger partial charge on any atom is 0.160 e. The van der Waals surface area contributed by atoms with Crippen LogP contribution in [0.5, 0.6) is 0 Å². The van der Waals surface area contributed by atoms with Crippen molar-refractivity contribution in [2.24, 2.45) is 0 Å². The van der Waals surface area contributed by atoms with Gasteiger partial charge >= 0.3 is 0 Å². The first-order valence-corrected chi connectivity index (χ1v) is 10.2. The lowest BCUT2D eigenvalue weighted by Crippen LogP contribution is -2.39. The van der Waals surface area contributed by atoms with Crippen molar-refractivity contribution in [2.75, 3.05) is 13.1 Å². The van der Waals surface area contributed by atoms with Crippen LogP contribution in [-0.2, 0) is 19.6 Å². The molecule has 5 nitrogen and oxygen atoms in total. The highest BCUT2D eigenvalue weighted by Crippen LogP contribution is 2.42. The van der Waals surface area contributed by atoms with E-state index >= 15 is 0 Å². The lowest BCUT2D eigenvalue weighted by molar-refractivity contribution is 0.133. The van der Waals surface area contributed by atoms with Gasteiger partial charge in [-0.2, -0.15) is 0 Å². The third kappa shape index (κ3) is 2.91. The zero-order chi connectivity index (χ0) is 19.1. The number of benzene rings is 1. The van der Waals surface area contributed by atoms with Crippen molar-refractivity contribution < 1.29 is 9.50 Å². The summed E-state index contributed by atoms with van der Waals surface area (Å²) in [5, 5.41) is 10.9. The molecule has 0 spiro atoms. The van der Waals surface area contributed by atoms with Crippen LogP contribution in [0, 0.1) is 0 Å². The van der Waals surface area contributed by atoms with E-state index in [4.69, 9.17) is 0 Å². The number of aliphatic hydroxyl groups excluding tert-OH is 1. The van der Waals surface area contributed by atoms with E-state index in [0.29, 0.717) is 12.6 Å². The van der Waals surface area contributed by atoms with Gasteiger partial charge in [0.05, 0.1) is 29.9 Å². The summed E-state index contributed by atoms with van der Waals surface area (Å²) in [6.07, 6.45) is 5.62. The second kappa shape index (κ2) is 7.26. The molecule has 1 N–H and O–H groups in total. The fourth-order valence-electron chi connectivity index (χ4n) is 4.92. The van der Waals surface area contributed by atoms with Gasteiger partial charge in [0, 0.05) is 30.3 Å². The maximum absolute atomic E-state index is 13.3. The highest BCUT2D eigenvalue weighted by molar-refractivity contribution is 5.82. The number of aromatic nitrogens is 3. The van der Waals surface area contributed by atoms with E-state index in [-0.39, 0.29) is 5.82 Å². The van der Waals surface area contributed by atoms with Crippen molar-refractivity contribution >= 4 is 11.0 Å². The summed E-state index contributed by atoms with van der Waals surface area (Å²) >= 11 is 0. The maximum atomic E-state index is 13.3. The van der Waals surface area contributed by atoms with Gasteiger partial charge in [0.1, 0.15) is 6.67 Å². The van der Waals surface area contributed by atoms with E-state index in [1.807, 2.05) is 30.3 Å². The molecule has 0 saturated carbocycles. The Morgan fingerprint density at radius 2 is 2.04 bits per heavy atom. The molecule has 1 fully saturated rings. The average Bonchev–Trinajstić information content (AvgIpc) is 3.07. The summed E-state index contributed by atoms with van der Waals surface area (Å²) in [4.78, 5) is 11.3. The molecule has 2 atom stereocenters. The molecule has 146 valence electrons. The van der Waals surface area contributed by atoms with Gasteiger partial charge in [0.25, 0.3) is 0 Å². The summed E-state index contributed by atoms with van der Waals surface area (Å²) < 4.78 is 15.5. The molecule has 1 saturated heterocycles. The van der Waals surface area contributed by atoms with Gasteiger partial charge in [-0.3, -0.25) is 4.90 Å².